The van der Waals surface area contributed by atoms with E-state index in [2.05, 4.69) is 4.98 Å². The fourth-order valence-corrected chi connectivity index (χ4v) is 4.31. The van der Waals surface area contributed by atoms with Crippen molar-refractivity contribution in [3.8, 4) is 5.75 Å². The van der Waals surface area contributed by atoms with Crippen LogP contribution in [-0.4, -0.2) is 53.3 Å². The molecule has 26 heavy (non-hydrogen) atoms. The van der Waals surface area contributed by atoms with Crippen molar-refractivity contribution in [3.05, 3.63) is 23.0 Å². The number of pyridine rings is 1. The van der Waals surface area contributed by atoms with Gasteiger partial charge in [0.15, 0.2) is 0 Å². The van der Waals surface area contributed by atoms with Crippen LogP contribution in [0.4, 0.5) is 0 Å². The molecule has 6 nitrogen and oxygen atoms in total. The lowest BCUT2D eigenvalue weighted by molar-refractivity contribution is -0.135. The topological polar surface area (TPSA) is 62.7 Å². The van der Waals surface area contributed by atoms with Crippen LogP contribution in [0.15, 0.2) is 6.20 Å². The zero-order chi connectivity index (χ0) is 18.8. The first-order valence-corrected chi connectivity index (χ1v) is 9.45. The van der Waals surface area contributed by atoms with Crippen molar-refractivity contribution in [1.82, 2.24) is 14.8 Å². The number of likely N-dealkylation sites (tertiary alicyclic amines) is 1. The third-order valence-electron chi connectivity index (χ3n) is 5.79. The quantitative estimate of drug-likeness (QED) is 0.810. The van der Waals surface area contributed by atoms with Crippen molar-refractivity contribution in [2.75, 3.05) is 20.7 Å². The third kappa shape index (κ3) is 3.55. The summed E-state index contributed by atoms with van der Waals surface area (Å²) in [5.74, 6) is 0.745. The Balaban J connectivity index is 1.66. The Bertz CT molecular complexity index is 698. The average Bonchev–Trinajstić information content (AvgIpc) is 3.26. The van der Waals surface area contributed by atoms with Gasteiger partial charge in [-0.3, -0.25) is 14.6 Å². The molecule has 1 aliphatic carbocycles. The van der Waals surface area contributed by atoms with Crippen molar-refractivity contribution in [3.63, 3.8) is 0 Å². The van der Waals surface area contributed by atoms with Gasteiger partial charge in [-0.25, -0.2) is 0 Å². The number of ether oxygens (including phenoxy) is 1. The van der Waals surface area contributed by atoms with E-state index in [1.807, 2.05) is 18.7 Å². The summed E-state index contributed by atoms with van der Waals surface area (Å²) in [7, 11) is 3.44. The van der Waals surface area contributed by atoms with Crippen LogP contribution in [0.25, 0.3) is 0 Å². The van der Waals surface area contributed by atoms with Crippen molar-refractivity contribution < 1.29 is 14.3 Å². The normalized spacial score (nSPS) is 20.7. The lowest BCUT2D eigenvalue weighted by Gasteiger charge is -2.25. The van der Waals surface area contributed by atoms with Gasteiger partial charge in [0.05, 0.1) is 25.3 Å². The van der Waals surface area contributed by atoms with E-state index in [1.54, 1.807) is 25.3 Å². The summed E-state index contributed by atoms with van der Waals surface area (Å²) in [6.07, 6.45) is 6.65. The molecule has 3 rings (SSSR count). The monoisotopic (exact) mass is 359 g/mol. The largest absolute Gasteiger partial charge is 0.496 e. The molecule has 1 atom stereocenters. The highest BCUT2D eigenvalue weighted by atomic mass is 16.5. The van der Waals surface area contributed by atoms with E-state index in [9.17, 15) is 9.59 Å². The number of carbonyl (C=O) groups excluding carboxylic acids is 2. The first-order valence-electron chi connectivity index (χ1n) is 9.45. The first kappa shape index (κ1) is 18.7. The molecule has 0 spiro atoms. The first-order chi connectivity index (χ1) is 12.4. The highest BCUT2D eigenvalue weighted by molar-refractivity contribution is 5.89. The van der Waals surface area contributed by atoms with Crippen LogP contribution in [0.5, 0.6) is 5.75 Å². The molecule has 1 aromatic rings. The Kier molecular flexibility index (Phi) is 5.49. The average molecular weight is 359 g/mol. The van der Waals surface area contributed by atoms with Crippen LogP contribution in [0.1, 0.15) is 48.9 Å². The van der Waals surface area contributed by atoms with Crippen molar-refractivity contribution in [1.29, 1.82) is 0 Å². The predicted octanol–water partition coefficient (Wildman–Crippen LogP) is 2.46. The summed E-state index contributed by atoms with van der Waals surface area (Å²) in [6.45, 7) is 4.92. The summed E-state index contributed by atoms with van der Waals surface area (Å²) in [5, 5.41) is 0. The minimum absolute atomic E-state index is 0.0274. The molecular formula is C20H29N3O3. The number of amides is 2. The third-order valence-corrected chi connectivity index (χ3v) is 5.79. The van der Waals surface area contributed by atoms with Gasteiger partial charge in [0, 0.05) is 43.4 Å². The lowest BCUT2D eigenvalue weighted by Crippen LogP contribution is -2.37. The van der Waals surface area contributed by atoms with Gasteiger partial charge >= 0.3 is 0 Å². The van der Waals surface area contributed by atoms with Crippen LogP contribution >= 0.6 is 0 Å². The molecule has 6 heteroatoms. The number of hydrogen-bond acceptors (Lipinski definition) is 4. The second-order valence-electron chi connectivity index (χ2n) is 7.63. The maximum atomic E-state index is 12.9. The fraction of sp³-hybridized carbons (Fsp3) is 0.650. The summed E-state index contributed by atoms with van der Waals surface area (Å²) >= 11 is 0. The second-order valence-corrected chi connectivity index (χ2v) is 7.63. The second kappa shape index (κ2) is 7.64. The number of hydrogen-bond donors (Lipinski definition) is 0. The van der Waals surface area contributed by atoms with E-state index in [1.165, 1.54) is 12.8 Å². The molecule has 0 radical (unpaired) electrons. The van der Waals surface area contributed by atoms with E-state index in [0.29, 0.717) is 25.6 Å². The Morgan fingerprint density at radius 1 is 1.35 bits per heavy atom. The molecule has 0 bridgehead atoms. The molecule has 0 unspecified atom stereocenters. The highest BCUT2D eigenvalue weighted by Gasteiger charge is 2.39. The molecule has 1 aliphatic heterocycles. The molecule has 0 aromatic carbocycles. The summed E-state index contributed by atoms with van der Waals surface area (Å²) in [5.41, 5.74) is 2.78. The molecule has 1 saturated heterocycles. The SMILES string of the molecule is COc1c(C)cnc(CN(C)C(=O)[C@H]2CC(=O)N(C3CCCC3)C2)c1C. The van der Waals surface area contributed by atoms with Crippen molar-refractivity contribution in [2.45, 2.75) is 58.5 Å². The van der Waals surface area contributed by atoms with Crippen LogP contribution in [0.3, 0.4) is 0 Å². The minimum Gasteiger partial charge on any atom is -0.496 e. The maximum Gasteiger partial charge on any atom is 0.228 e. The molecule has 2 heterocycles. The van der Waals surface area contributed by atoms with Gasteiger partial charge in [0.2, 0.25) is 11.8 Å². The Morgan fingerprint density at radius 3 is 2.69 bits per heavy atom. The number of aryl methyl sites for hydroxylation is 1. The molecule has 2 fully saturated rings. The number of methoxy groups -OCH3 is 1. The Labute approximate surface area is 155 Å². The van der Waals surface area contributed by atoms with Gasteiger partial charge in [0.1, 0.15) is 5.75 Å². The smallest absolute Gasteiger partial charge is 0.228 e. The molecule has 2 aliphatic rings. The van der Waals surface area contributed by atoms with Crippen LogP contribution < -0.4 is 4.74 Å². The zero-order valence-corrected chi connectivity index (χ0v) is 16.2. The zero-order valence-electron chi connectivity index (χ0n) is 16.2. The van der Waals surface area contributed by atoms with E-state index >= 15 is 0 Å². The van der Waals surface area contributed by atoms with Crippen LogP contribution in [0, 0.1) is 19.8 Å². The van der Waals surface area contributed by atoms with Gasteiger partial charge in [-0.15, -0.1) is 0 Å². The number of carbonyl (C=O) groups is 2. The molecule has 1 saturated carbocycles. The molecule has 142 valence electrons. The summed E-state index contributed by atoms with van der Waals surface area (Å²) in [6, 6.07) is 0.343. The highest BCUT2D eigenvalue weighted by Crippen LogP contribution is 2.30. The van der Waals surface area contributed by atoms with Crippen LogP contribution in [-0.2, 0) is 16.1 Å². The van der Waals surface area contributed by atoms with Gasteiger partial charge in [-0.05, 0) is 26.7 Å². The molecular weight excluding hydrogens is 330 g/mol. The van der Waals surface area contributed by atoms with E-state index in [4.69, 9.17) is 4.74 Å². The lowest BCUT2D eigenvalue weighted by atomic mass is 10.1. The number of rotatable bonds is 5. The Hall–Kier alpha value is -2.11. The maximum absolute atomic E-state index is 12.9. The molecule has 0 N–H and O–H groups in total. The van der Waals surface area contributed by atoms with Crippen molar-refractivity contribution >= 4 is 11.8 Å². The summed E-state index contributed by atoms with van der Waals surface area (Å²) in [4.78, 5) is 33.4. The number of aromatic nitrogens is 1. The minimum atomic E-state index is -0.235. The van der Waals surface area contributed by atoms with Gasteiger partial charge < -0.3 is 14.5 Å². The van der Waals surface area contributed by atoms with E-state index < -0.39 is 0 Å². The van der Waals surface area contributed by atoms with Gasteiger partial charge in [-0.2, -0.15) is 0 Å². The van der Waals surface area contributed by atoms with E-state index in [0.717, 1.165) is 35.4 Å². The van der Waals surface area contributed by atoms with Crippen molar-refractivity contribution in [2.24, 2.45) is 5.92 Å². The standard InChI is InChI=1S/C20H29N3O3/c1-13-10-21-17(14(2)19(13)26-4)12-22(3)20(25)15-9-18(24)23(11-15)16-7-5-6-8-16/h10,15-16H,5-9,11-12H2,1-4H3/t15-/m0/s1. The van der Waals surface area contributed by atoms with Gasteiger partial charge in [0.25, 0.3) is 0 Å². The molecule has 1 aromatic heterocycles. The number of nitrogens with zero attached hydrogens (tertiary/aromatic N) is 3. The van der Waals surface area contributed by atoms with E-state index in [-0.39, 0.29) is 17.7 Å². The summed E-state index contributed by atoms with van der Waals surface area (Å²) < 4.78 is 5.45. The fourth-order valence-electron chi connectivity index (χ4n) is 4.31. The predicted molar refractivity (Wildman–Crippen MR) is 98.8 cm³/mol. The van der Waals surface area contributed by atoms with Gasteiger partial charge in [-0.1, -0.05) is 12.8 Å². The Morgan fingerprint density at radius 2 is 2.04 bits per heavy atom. The van der Waals surface area contributed by atoms with Crippen LogP contribution in [0.2, 0.25) is 0 Å². The molecule has 2 amide bonds.